The van der Waals surface area contributed by atoms with Gasteiger partial charge in [-0.3, -0.25) is 4.90 Å². The Morgan fingerprint density at radius 1 is 1.19 bits per heavy atom. The first kappa shape index (κ1) is 16.1. The van der Waals surface area contributed by atoms with Crippen LogP contribution < -0.4 is 10.1 Å². The molecule has 2 N–H and O–H groups in total. The Hall–Kier alpha value is -1.24. The standard InChI is InChI=1S/C15H22F2N2O2/c16-15(17)21-13-5-3-12(4-6-13)14(2-1-11-20)19-9-7-18-8-10-19/h3-6,14-15,18,20H,1-2,7-11H2/t14-/m1/s1. The van der Waals surface area contributed by atoms with Crippen molar-refractivity contribution < 1.29 is 18.6 Å². The molecule has 4 nitrogen and oxygen atoms in total. The molecule has 0 spiro atoms. The first-order chi connectivity index (χ1) is 10.2. The highest BCUT2D eigenvalue weighted by molar-refractivity contribution is 5.29. The minimum atomic E-state index is -2.80. The zero-order valence-corrected chi connectivity index (χ0v) is 12.0. The SMILES string of the molecule is OCCC[C@H](c1ccc(OC(F)F)cc1)N1CCNCC1. The first-order valence-corrected chi connectivity index (χ1v) is 7.31. The van der Waals surface area contributed by atoms with Gasteiger partial charge in [-0.25, -0.2) is 0 Å². The smallest absolute Gasteiger partial charge is 0.387 e. The number of aliphatic hydroxyl groups excluding tert-OH is 1. The normalized spacial score (nSPS) is 17.9. The number of halogens is 2. The van der Waals surface area contributed by atoms with E-state index in [1.165, 1.54) is 0 Å². The van der Waals surface area contributed by atoms with Crippen LogP contribution in [0, 0.1) is 0 Å². The molecule has 0 saturated carbocycles. The van der Waals surface area contributed by atoms with Gasteiger partial charge in [-0.2, -0.15) is 8.78 Å². The van der Waals surface area contributed by atoms with Crippen LogP contribution in [0.1, 0.15) is 24.4 Å². The highest BCUT2D eigenvalue weighted by atomic mass is 19.3. The fourth-order valence-corrected chi connectivity index (χ4v) is 2.71. The fraction of sp³-hybridized carbons (Fsp3) is 0.600. The van der Waals surface area contributed by atoms with Crippen molar-refractivity contribution in [2.75, 3.05) is 32.8 Å². The summed E-state index contributed by atoms with van der Waals surface area (Å²) in [4.78, 5) is 2.37. The van der Waals surface area contributed by atoms with Crippen molar-refractivity contribution >= 4 is 0 Å². The van der Waals surface area contributed by atoms with Crippen molar-refractivity contribution in [1.82, 2.24) is 10.2 Å². The maximum absolute atomic E-state index is 12.2. The second-order valence-corrected chi connectivity index (χ2v) is 5.12. The maximum atomic E-state index is 12.2. The predicted octanol–water partition coefficient (Wildman–Crippen LogP) is 2.01. The zero-order chi connectivity index (χ0) is 15.1. The lowest BCUT2D eigenvalue weighted by atomic mass is 9.99. The molecule has 2 rings (SSSR count). The van der Waals surface area contributed by atoms with E-state index in [0.29, 0.717) is 0 Å². The lowest BCUT2D eigenvalue weighted by Gasteiger charge is -2.35. The second kappa shape index (κ2) is 8.26. The molecule has 1 aliphatic heterocycles. The molecule has 1 aliphatic rings. The molecule has 0 radical (unpaired) electrons. The van der Waals surface area contributed by atoms with Gasteiger partial charge in [0.2, 0.25) is 0 Å². The van der Waals surface area contributed by atoms with E-state index < -0.39 is 6.61 Å². The van der Waals surface area contributed by atoms with E-state index in [1.54, 1.807) is 12.1 Å². The van der Waals surface area contributed by atoms with E-state index in [-0.39, 0.29) is 18.4 Å². The van der Waals surface area contributed by atoms with Crippen LogP contribution in [-0.2, 0) is 0 Å². The first-order valence-electron chi connectivity index (χ1n) is 7.31. The second-order valence-electron chi connectivity index (χ2n) is 5.12. The number of ether oxygens (including phenoxy) is 1. The predicted molar refractivity (Wildman–Crippen MR) is 76.6 cm³/mol. The molecule has 1 fully saturated rings. The fourth-order valence-electron chi connectivity index (χ4n) is 2.71. The number of piperazine rings is 1. The van der Waals surface area contributed by atoms with Crippen molar-refractivity contribution in [3.05, 3.63) is 29.8 Å². The molecule has 1 heterocycles. The van der Waals surface area contributed by atoms with Gasteiger partial charge >= 0.3 is 6.61 Å². The molecule has 0 amide bonds. The number of hydrogen-bond donors (Lipinski definition) is 2. The highest BCUT2D eigenvalue weighted by Gasteiger charge is 2.21. The van der Waals surface area contributed by atoms with Gasteiger partial charge in [0.15, 0.2) is 0 Å². The van der Waals surface area contributed by atoms with Crippen molar-refractivity contribution in [2.45, 2.75) is 25.5 Å². The summed E-state index contributed by atoms with van der Waals surface area (Å²) in [6, 6.07) is 7.04. The molecule has 6 heteroatoms. The molecule has 118 valence electrons. The van der Waals surface area contributed by atoms with Crippen LogP contribution in [0.3, 0.4) is 0 Å². The van der Waals surface area contributed by atoms with Gasteiger partial charge in [0.1, 0.15) is 5.75 Å². The zero-order valence-electron chi connectivity index (χ0n) is 12.0. The quantitative estimate of drug-likeness (QED) is 0.808. The summed E-state index contributed by atoms with van der Waals surface area (Å²) in [6.07, 6.45) is 1.58. The average Bonchev–Trinajstić information content (AvgIpc) is 2.50. The van der Waals surface area contributed by atoms with E-state index in [0.717, 1.165) is 44.6 Å². The van der Waals surface area contributed by atoms with E-state index in [1.807, 2.05) is 12.1 Å². The number of benzene rings is 1. The maximum Gasteiger partial charge on any atom is 0.387 e. The molecule has 1 saturated heterocycles. The van der Waals surface area contributed by atoms with E-state index in [9.17, 15) is 8.78 Å². The Morgan fingerprint density at radius 3 is 2.43 bits per heavy atom. The third-order valence-corrected chi connectivity index (χ3v) is 3.72. The molecular weight excluding hydrogens is 278 g/mol. The van der Waals surface area contributed by atoms with Crippen LogP contribution >= 0.6 is 0 Å². The molecule has 21 heavy (non-hydrogen) atoms. The summed E-state index contributed by atoms with van der Waals surface area (Å²) in [6.45, 7) is 1.16. The van der Waals surface area contributed by atoms with Crippen LogP contribution in [0.25, 0.3) is 0 Å². The Morgan fingerprint density at radius 2 is 1.86 bits per heavy atom. The van der Waals surface area contributed by atoms with Gasteiger partial charge in [0.25, 0.3) is 0 Å². The van der Waals surface area contributed by atoms with Crippen molar-refractivity contribution in [3.63, 3.8) is 0 Å². The number of rotatable bonds is 7. The van der Waals surface area contributed by atoms with Crippen LogP contribution in [0.2, 0.25) is 0 Å². The van der Waals surface area contributed by atoms with Crippen LogP contribution in [-0.4, -0.2) is 49.4 Å². The number of aliphatic hydroxyl groups is 1. The van der Waals surface area contributed by atoms with Gasteiger partial charge in [-0.05, 0) is 30.5 Å². The Bertz CT molecular complexity index is 409. The molecule has 0 aromatic heterocycles. The topological polar surface area (TPSA) is 44.7 Å². The van der Waals surface area contributed by atoms with E-state index in [2.05, 4.69) is 15.0 Å². The van der Waals surface area contributed by atoms with Gasteiger partial charge in [0, 0.05) is 38.8 Å². The number of nitrogens with zero attached hydrogens (tertiary/aromatic N) is 1. The molecule has 0 unspecified atom stereocenters. The van der Waals surface area contributed by atoms with Gasteiger partial charge in [0.05, 0.1) is 0 Å². The van der Waals surface area contributed by atoms with Crippen LogP contribution in [0.15, 0.2) is 24.3 Å². The molecule has 1 atom stereocenters. The number of alkyl halides is 2. The summed E-state index contributed by atoms with van der Waals surface area (Å²) >= 11 is 0. The van der Waals surface area contributed by atoms with E-state index in [4.69, 9.17) is 5.11 Å². The third-order valence-electron chi connectivity index (χ3n) is 3.72. The Kier molecular flexibility index (Phi) is 6.35. The summed E-state index contributed by atoms with van der Waals surface area (Å²) in [5.41, 5.74) is 1.08. The minimum absolute atomic E-state index is 0.162. The van der Waals surface area contributed by atoms with Crippen molar-refractivity contribution in [3.8, 4) is 5.75 Å². The van der Waals surface area contributed by atoms with Crippen LogP contribution in [0.4, 0.5) is 8.78 Å². The number of hydrogen-bond acceptors (Lipinski definition) is 4. The molecular formula is C15H22F2N2O2. The van der Waals surface area contributed by atoms with Gasteiger partial charge in [-0.15, -0.1) is 0 Å². The Balaban J connectivity index is 2.07. The van der Waals surface area contributed by atoms with Gasteiger partial charge < -0.3 is 15.2 Å². The Labute approximate surface area is 123 Å². The average molecular weight is 300 g/mol. The monoisotopic (exact) mass is 300 g/mol. The summed E-state index contributed by atoms with van der Waals surface area (Å²) < 4.78 is 28.7. The van der Waals surface area contributed by atoms with Gasteiger partial charge in [-0.1, -0.05) is 12.1 Å². The largest absolute Gasteiger partial charge is 0.435 e. The lowest BCUT2D eigenvalue weighted by molar-refractivity contribution is -0.0498. The number of nitrogens with one attached hydrogen (secondary N) is 1. The summed E-state index contributed by atoms with van der Waals surface area (Å²) in [5.74, 6) is 0.176. The molecule has 1 aromatic rings. The van der Waals surface area contributed by atoms with Crippen LogP contribution in [0.5, 0.6) is 5.75 Å². The lowest BCUT2D eigenvalue weighted by Crippen LogP contribution is -2.45. The molecule has 0 aliphatic carbocycles. The van der Waals surface area contributed by atoms with Crippen molar-refractivity contribution in [2.24, 2.45) is 0 Å². The summed E-state index contributed by atoms with van der Waals surface area (Å²) in [7, 11) is 0. The highest BCUT2D eigenvalue weighted by Crippen LogP contribution is 2.28. The van der Waals surface area contributed by atoms with E-state index >= 15 is 0 Å². The molecule has 1 aromatic carbocycles. The third kappa shape index (κ3) is 4.91. The minimum Gasteiger partial charge on any atom is -0.435 e. The summed E-state index contributed by atoms with van der Waals surface area (Å²) in [5, 5.41) is 12.4. The van der Waals surface area contributed by atoms with Crippen molar-refractivity contribution in [1.29, 1.82) is 0 Å². The molecule has 0 bridgehead atoms.